The predicted octanol–water partition coefficient (Wildman–Crippen LogP) is 3.98. The molecule has 0 radical (unpaired) electrons. The van der Waals surface area contributed by atoms with E-state index in [1.54, 1.807) is 6.20 Å². The molecule has 2 aromatic carbocycles. The lowest BCUT2D eigenvalue weighted by atomic mass is 10.0. The fourth-order valence-electron chi connectivity index (χ4n) is 4.29. The minimum absolute atomic E-state index is 0.0596. The van der Waals surface area contributed by atoms with E-state index >= 15 is 0 Å². The standard InChI is InChI=1S/C23H23N3O2/c27-23(26-13-12-17-10-11-18(15-26)25-17)20-9-5-4-8-19(20)22-24-14-21(28-22)16-6-2-1-3-7-16/h1-9,14,17-18,25H,10-13,15H2. The van der Waals surface area contributed by atoms with Crippen molar-refractivity contribution >= 4 is 5.91 Å². The monoisotopic (exact) mass is 373 g/mol. The maximum absolute atomic E-state index is 13.3. The van der Waals surface area contributed by atoms with Crippen LogP contribution in [0.15, 0.2) is 65.2 Å². The molecule has 1 amide bonds. The van der Waals surface area contributed by atoms with E-state index in [-0.39, 0.29) is 5.91 Å². The molecule has 5 nitrogen and oxygen atoms in total. The van der Waals surface area contributed by atoms with Crippen molar-refractivity contribution in [2.24, 2.45) is 0 Å². The Balaban J connectivity index is 1.45. The average Bonchev–Trinajstić information content (AvgIpc) is 3.35. The molecule has 0 spiro atoms. The van der Waals surface area contributed by atoms with Gasteiger partial charge in [0.2, 0.25) is 5.89 Å². The molecule has 1 N–H and O–H groups in total. The first kappa shape index (κ1) is 17.2. The Morgan fingerprint density at radius 3 is 2.68 bits per heavy atom. The highest BCUT2D eigenvalue weighted by molar-refractivity contribution is 6.00. The summed E-state index contributed by atoms with van der Waals surface area (Å²) in [5, 5.41) is 3.63. The molecule has 2 aliphatic rings. The van der Waals surface area contributed by atoms with E-state index in [0.29, 0.717) is 29.3 Å². The summed E-state index contributed by atoms with van der Waals surface area (Å²) in [6.07, 6.45) is 5.11. The number of nitrogens with one attached hydrogen (secondary N) is 1. The van der Waals surface area contributed by atoms with Crippen LogP contribution < -0.4 is 5.32 Å². The first-order valence-electron chi connectivity index (χ1n) is 9.94. The Morgan fingerprint density at radius 1 is 1.00 bits per heavy atom. The Kier molecular flexibility index (Phi) is 4.45. The average molecular weight is 373 g/mol. The third-order valence-corrected chi connectivity index (χ3v) is 5.76. The van der Waals surface area contributed by atoms with E-state index in [1.165, 1.54) is 6.42 Å². The van der Waals surface area contributed by atoms with Crippen molar-refractivity contribution in [3.05, 3.63) is 66.4 Å². The second-order valence-electron chi connectivity index (χ2n) is 7.62. The maximum atomic E-state index is 13.3. The lowest BCUT2D eigenvalue weighted by Gasteiger charge is -2.25. The van der Waals surface area contributed by atoms with Crippen LogP contribution in [-0.4, -0.2) is 41.0 Å². The number of hydrogen-bond acceptors (Lipinski definition) is 4. The molecule has 28 heavy (non-hydrogen) atoms. The van der Waals surface area contributed by atoms with Gasteiger partial charge in [0.15, 0.2) is 5.76 Å². The molecule has 3 aromatic rings. The van der Waals surface area contributed by atoms with Crippen LogP contribution in [0.5, 0.6) is 0 Å². The highest BCUT2D eigenvalue weighted by Crippen LogP contribution is 2.29. The highest BCUT2D eigenvalue weighted by atomic mass is 16.4. The fraction of sp³-hybridized carbons (Fsp3) is 0.304. The molecule has 1 aromatic heterocycles. The van der Waals surface area contributed by atoms with Crippen molar-refractivity contribution in [2.45, 2.75) is 31.3 Å². The van der Waals surface area contributed by atoms with Gasteiger partial charge < -0.3 is 14.6 Å². The van der Waals surface area contributed by atoms with E-state index in [4.69, 9.17) is 4.42 Å². The molecule has 5 heteroatoms. The van der Waals surface area contributed by atoms with Crippen molar-refractivity contribution in [2.75, 3.05) is 13.1 Å². The zero-order valence-corrected chi connectivity index (χ0v) is 15.7. The topological polar surface area (TPSA) is 58.4 Å². The van der Waals surface area contributed by atoms with Gasteiger partial charge in [-0.05, 0) is 31.4 Å². The van der Waals surface area contributed by atoms with E-state index in [1.807, 2.05) is 59.5 Å². The summed E-state index contributed by atoms with van der Waals surface area (Å²) in [4.78, 5) is 19.8. The number of oxazole rings is 1. The number of carbonyl (C=O) groups excluding carboxylic acids is 1. The van der Waals surface area contributed by atoms with E-state index in [2.05, 4.69) is 10.3 Å². The normalized spacial score (nSPS) is 21.5. The number of likely N-dealkylation sites (tertiary alicyclic amines) is 1. The van der Waals surface area contributed by atoms with Crippen molar-refractivity contribution in [1.82, 2.24) is 15.2 Å². The van der Waals surface area contributed by atoms with Gasteiger partial charge in [0.05, 0.1) is 11.8 Å². The summed E-state index contributed by atoms with van der Waals surface area (Å²) in [6, 6.07) is 18.5. The third-order valence-electron chi connectivity index (χ3n) is 5.76. The van der Waals surface area contributed by atoms with Gasteiger partial charge >= 0.3 is 0 Å². The van der Waals surface area contributed by atoms with Crippen molar-refractivity contribution in [1.29, 1.82) is 0 Å². The minimum Gasteiger partial charge on any atom is -0.436 e. The van der Waals surface area contributed by atoms with Gasteiger partial charge in [-0.25, -0.2) is 4.98 Å². The quantitative estimate of drug-likeness (QED) is 0.755. The molecule has 2 atom stereocenters. The van der Waals surface area contributed by atoms with Crippen LogP contribution in [0.2, 0.25) is 0 Å². The summed E-state index contributed by atoms with van der Waals surface area (Å²) >= 11 is 0. The molecule has 2 fully saturated rings. The molecule has 0 saturated carbocycles. The summed E-state index contributed by atoms with van der Waals surface area (Å²) in [7, 11) is 0. The van der Waals surface area contributed by atoms with Crippen LogP contribution in [0.3, 0.4) is 0 Å². The van der Waals surface area contributed by atoms with Gasteiger partial charge in [-0.15, -0.1) is 0 Å². The van der Waals surface area contributed by atoms with Crippen LogP contribution in [0.1, 0.15) is 29.6 Å². The summed E-state index contributed by atoms with van der Waals surface area (Å²) < 4.78 is 6.01. The molecule has 2 bridgehead atoms. The molecule has 0 aliphatic carbocycles. The van der Waals surface area contributed by atoms with Gasteiger partial charge in [0.25, 0.3) is 5.91 Å². The van der Waals surface area contributed by atoms with Crippen LogP contribution in [-0.2, 0) is 0 Å². The summed E-state index contributed by atoms with van der Waals surface area (Å²) in [6.45, 7) is 1.56. The summed E-state index contributed by atoms with van der Waals surface area (Å²) in [5.74, 6) is 1.25. The smallest absolute Gasteiger partial charge is 0.254 e. The fourth-order valence-corrected chi connectivity index (χ4v) is 4.29. The number of benzene rings is 2. The number of nitrogens with zero attached hydrogens (tertiary/aromatic N) is 2. The second-order valence-corrected chi connectivity index (χ2v) is 7.62. The number of fused-ring (bicyclic) bond motifs is 2. The lowest BCUT2D eigenvalue weighted by molar-refractivity contribution is 0.0748. The summed E-state index contributed by atoms with van der Waals surface area (Å²) in [5.41, 5.74) is 2.37. The zero-order chi connectivity index (χ0) is 18.9. The largest absolute Gasteiger partial charge is 0.436 e. The molecule has 2 unspecified atom stereocenters. The van der Waals surface area contributed by atoms with Crippen molar-refractivity contribution in [3.8, 4) is 22.8 Å². The van der Waals surface area contributed by atoms with Crippen LogP contribution >= 0.6 is 0 Å². The van der Waals surface area contributed by atoms with E-state index in [9.17, 15) is 4.79 Å². The van der Waals surface area contributed by atoms with Gasteiger partial charge in [-0.1, -0.05) is 42.5 Å². The minimum atomic E-state index is 0.0596. The zero-order valence-electron chi connectivity index (χ0n) is 15.7. The number of carbonyl (C=O) groups is 1. The molecule has 2 saturated heterocycles. The van der Waals surface area contributed by atoms with E-state index < -0.39 is 0 Å². The van der Waals surface area contributed by atoms with Gasteiger partial charge in [0, 0.05) is 36.3 Å². The SMILES string of the molecule is O=C(c1ccccc1-c1ncc(-c2ccccc2)o1)N1CCC2CCC(C1)N2. The van der Waals surface area contributed by atoms with Crippen LogP contribution in [0, 0.1) is 0 Å². The molecule has 142 valence electrons. The molecular weight excluding hydrogens is 350 g/mol. The van der Waals surface area contributed by atoms with Crippen molar-refractivity contribution < 1.29 is 9.21 Å². The molecule has 5 rings (SSSR count). The second kappa shape index (κ2) is 7.24. The van der Waals surface area contributed by atoms with Crippen molar-refractivity contribution in [3.63, 3.8) is 0 Å². The Morgan fingerprint density at radius 2 is 1.79 bits per heavy atom. The number of amides is 1. The maximum Gasteiger partial charge on any atom is 0.254 e. The number of aromatic nitrogens is 1. The third kappa shape index (κ3) is 3.22. The Hall–Kier alpha value is -2.92. The molecular formula is C23H23N3O2. The molecule has 2 aliphatic heterocycles. The Labute approximate surface area is 164 Å². The number of hydrogen-bond donors (Lipinski definition) is 1. The number of rotatable bonds is 3. The Bertz CT molecular complexity index is 982. The highest BCUT2D eigenvalue weighted by Gasteiger charge is 2.32. The van der Waals surface area contributed by atoms with Gasteiger partial charge in [-0.3, -0.25) is 4.79 Å². The first-order valence-corrected chi connectivity index (χ1v) is 9.94. The predicted molar refractivity (Wildman–Crippen MR) is 108 cm³/mol. The van der Waals surface area contributed by atoms with E-state index in [0.717, 1.165) is 37.1 Å². The molecule has 3 heterocycles. The van der Waals surface area contributed by atoms with Gasteiger partial charge in [0.1, 0.15) is 0 Å². The van der Waals surface area contributed by atoms with Crippen LogP contribution in [0.4, 0.5) is 0 Å². The van der Waals surface area contributed by atoms with Crippen LogP contribution in [0.25, 0.3) is 22.8 Å². The van der Waals surface area contributed by atoms with Gasteiger partial charge in [-0.2, -0.15) is 0 Å². The first-order chi connectivity index (χ1) is 13.8. The lowest BCUT2D eigenvalue weighted by Crippen LogP contribution is -2.39.